The fourth-order valence-corrected chi connectivity index (χ4v) is 1.38. The second-order valence-electron chi connectivity index (χ2n) is 3.23. The summed E-state index contributed by atoms with van der Waals surface area (Å²) in [7, 11) is 1.59. The molecule has 0 radical (unpaired) electrons. The summed E-state index contributed by atoms with van der Waals surface area (Å²) in [5.74, 6) is 0.670. The lowest BCUT2D eigenvalue weighted by Crippen LogP contribution is -2.27. The zero-order valence-corrected chi connectivity index (χ0v) is 9.74. The van der Waals surface area contributed by atoms with Gasteiger partial charge in [-0.05, 0) is 6.42 Å². The zero-order valence-electron chi connectivity index (χ0n) is 8.98. The van der Waals surface area contributed by atoms with Crippen LogP contribution in [0.1, 0.15) is 6.42 Å². The van der Waals surface area contributed by atoms with Crippen molar-refractivity contribution in [1.29, 1.82) is 0 Å². The SMILES string of the molecule is COCC(CCO)Nc1ncnc(N)c1Cl. The van der Waals surface area contributed by atoms with E-state index in [1.54, 1.807) is 7.11 Å². The molecule has 1 aromatic heterocycles. The number of hydrogen-bond donors (Lipinski definition) is 3. The average molecular weight is 247 g/mol. The number of nitrogens with zero attached hydrogens (tertiary/aromatic N) is 2. The lowest BCUT2D eigenvalue weighted by atomic mass is 10.2. The van der Waals surface area contributed by atoms with E-state index in [0.717, 1.165) is 0 Å². The molecule has 4 N–H and O–H groups in total. The Morgan fingerprint density at radius 3 is 3.00 bits per heavy atom. The Bertz CT molecular complexity index is 331. The van der Waals surface area contributed by atoms with Crippen LogP contribution < -0.4 is 11.1 Å². The van der Waals surface area contributed by atoms with Gasteiger partial charge in [-0.1, -0.05) is 11.6 Å². The van der Waals surface area contributed by atoms with Crippen LogP contribution in [0.25, 0.3) is 0 Å². The van der Waals surface area contributed by atoms with Crippen molar-refractivity contribution in [2.75, 3.05) is 31.4 Å². The maximum absolute atomic E-state index is 8.88. The minimum atomic E-state index is -0.0678. The van der Waals surface area contributed by atoms with E-state index in [9.17, 15) is 0 Å². The zero-order chi connectivity index (χ0) is 12.0. The summed E-state index contributed by atoms with van der Waals surface area (Å²) in [6.07, 6.45) is 1.86. The standard InChI is InChI=1S/C9H15ClN4O2/c1-16-4-6(2-3-15)14-9-7(10)8(11)12-5-13-9/h5-6,15H,2-4H2,1H3,(H3,11,12,13,14). The molecule has 1 heterocycles. The molecule has 0 aliphatic carbocycles. The fraction of sp³-hybridized carbons (Fsp3) is 0.556. The molecule has 1 unspecified atom stereocenters. The number of aliphatic hydroxyl groups excluding tert-OH is 1. The van der Waals surface area contributed by atoms with Gasteiger partial charge in [0.05, 0.1) is 12.6 Å². The van der Waals surface area contributed by atoms with Crippen molar-refractivity contribution in [2.45, 2.75) is 12.5 Å². The van der Waals surface area contributed by atoms with Gasteiger partial charge in [0, 0.05) is 13.7 Å². The van der Waals surface area contributed by atoms with Gasteiger partial charge in [0.25, 0.3) is 0 Å². The summed E-state index contributed by atoms with van der Waals surface area (Å²) < 4.78 is 5.01. The molecular weight excluding hydrogens is 232 g/mol. The summed E-state index contributed by atoms with van der Waals surface area (Å²) in [6, 6.07) is -0.0678. The highest BCUT2D eigenvalue weighted by molar-refractivity contribution is 6.35. The van der Waals surface area contributed by atoms with Gasteiger partial charge in [-0.15, -0.1) is 0 Å². The molecule has 1 atom stereocenters. The van der Waals surface area contributed by atoms with Crippen molar-refractivity contribution in [2.24, 2.45) is 0 Å². The average Bonchev–Trinajstić information content (AvgIpc) is 2.25. The molecule has 1 aromatic rings. The molecule has 1 rings (SSSR count). The quantitative estimate of drug-likeness (QED) is 0.678. The van der Waals surface area contributed by atoms with Crippen LogP contribution in [0.3, 0.4) is 0 Å². The summed E-state index contributed by atoms with van der Waals surface area (Å²) in [6.45, 7) is 0.500. The Morgan fingerprint density at radius 2 is 2.38 bits per heavy atom. The van der Waals surface area contributed by atoms with Crippen LogP contribution in [0.5, 0.6) is 0 Å². The minimum absolute atomic E-state index is 0.0548. The molecule has 0 amide bonds. The molecule has 0 bridgehead atoms. The monoisotopic (exact) mass is 246 g/mol. The Balaban J connectivity index is 2.72. The van der Waals surface area contributed by atoms with Crippen LogP contribution >= 0.6 is 11.6 Å². The number of halogens is 1. The lowest BCUT2D eigenvalue weighted by Gasteiger charge is -2.18. The van der Waals surface area contributed by atoms with Gasteiger partial charge < -0.3 is 20.9 Å². The van der Waals surface area contributed by atoms with E-state index in [4.69, 9.17) is 27.2 Å². The number of aromatic nitrogens is 2. The Labute approximate surface area is 98.8 Å². The van der Waals surface area contributed by atoms with Gasteiger partial charge >= 0.3 is 0 Å². The first-order chi connectivity index (χ1) is 7.69. The molecule has 0 saturated heterocycles. The predicted molar refractivity (Wildman–Crippen MR) is 62.4 cm³/mol. The highest BCUT2D eigenvalue weighted by atomic mass is 35.5. The van der Waals surface area contributed by atoms with Crippen LogP contribution in [0.4, 0.5) is 11.6 Å². The largest absolute Gasteiger partial charge is 0.396 e. The molecule has 6 nitrogen and oxygen atoms in total. The van der Waals surface area contributed by atoms with Crippen LogP contribution in [0.2, 0.25) is 5.02 Å². The minimum Gasteiger partial charge on any atom is -0.396 e. The van der Waals surface area contributed by atoms with Gasteiger partial charge in [-0.3, -0.25) is 0 Å². The first-order valence-corrected chi connectivity index (χ1v) is 5.19. The van der Waals surface area contributed by atoms with E-state index in [-0.39, 0.29) is 23.5 Å². The van der Waals surface area contributed by atoms with E-state index in [2.05, 4.69) is 15.3 Å². The number of ether oxygens (including phenoxy) is 1. The normalized spacial score (nSPS) is 12.4. The Kier molecular flexibility index (Phi) is 5.24. The van der Waals surface area contributed by atoms with Crippen LogP contribution in [0, 0.1) is 0 Å². The molecule has 0 aromatic carbocycles. The number of anilines is 2. The fourth-order valence-electron chi connectivity index (χ4n) is 1.23. The molecule has 90 valence electrons. The van der Waals surface area contributed by atoms with Gasteiger partial charge in [0.1, 0.15) is 17.2 Å². The van der Waals surface area contributed by atoms with Gasteiger partial charge in [-0.2, -0.15) is 0 Å². The number of aliphatic hydroxyl groups is 1. The molecule has 16 heavy (non-hydrogen) atoms. The Morgan fingerprint density at radius 1 is 1.62 bits per heavy atom. The number of methoxy groups -OCH3 is 1. The maximum atomic E-state index is 8.88. The molecular formula is C9H15ClN4O2. The highest BCUT2D eigenvalue weighted by Crippen LogP contribution is 2.24. The third-order valence-corrected chi connectivity index (χ3v) is 2.38. The number of nitrogens with one attached hydrogen (secondary N) is 1. The number of nitrogen functional groups attached to an aromatic ring is 1. The molecule has 7 heteroatoms. The number of rotatable bonds is 6. The van der Waals surface area contributed by atoms with E-state index in [0.29, 0.717) is 18.8 Å². The summed E-state index contributed by atoms with van der Waals surface area (Å²) in [5.41, 5.74) is 5.54. The van der Waals surface area contributed by atoms with Gasteiger partial charge in [0.15, 0.2) is 5.82 Å². The van der Waals surface area contributed by atoms with Gasteiger partial charge in [0.2, 0.25) is 0 Å². The van der Waals surface area contributed by atoms with Crippen molar-refractivity contribution >= 4 is 23.2 Å². The van der Waals surface area contributed by atoms with Crippen molar-refractivity contribution in [3.05, 3.63) is 11.3 Å². The van der Waals surface area contributed by atoms with E-state index in [1.165, 1.54) is 6.33 Å². The molecule has 0 fully saturated rings. The van der Waals surface area contributed by atoms with E-state index in [1.807, 2.05) is 0 Å². The molecule has 0 aliphatic rings. The molecule has 0 saturated carbocycles. The second kappa shape index (κ2) is 6.47. The highest BCUT2D eigenvalue weighted by Gasteiger charge is 2.12. The number of hydrogen-bond acceptors (Lipinski definition) is 6. The van der Waals surface area contributed by atoms with E-state index >= 15 is 0 Å². The van der Waals surface area contributed by atoms with Crippen molar-refractivity contribution in [3.63, 3.8) is 0 Å². The topological polar surface area (TPSA) is 93.3 Å². The maximum Gasteiger partial charge on any atom is 0.150 e. The summed E-state index contributed by atoms with van der Waals surface area (Å²) in [4.78, 5) is 7.72. The molecule has 0 spiro atoms. The van der Waals surface area contributed by atoms with E-state index < -0.39 is 0 Å². The first-order valence-electron chi connectivity index (χ1n) is 4.81. The van der Waals surface area contributed by atoms with Crippen LogP contribution in [-0.2, 0) is 4.74 Å². The van der Waals surface area contributed by atoms with Crippen LogP contribution in [-0.4, -0.2) is 41.4 Å². The smallest absolute Gasteiger partial charge is 0.150 e. The molecule has 0 aliphatic heterocycles. The van der Waals surface area contributed by atoms with Crippen molar-refractivity contribution < 1.29 is 9.84 Å². The van der Waals surface area contributed by atoms with Crippen LogP contribution in [0.15, 0.2) is 6.33 Å². The predicted octanol–water partition coefficient (Wildman–Crippen LogP) is 0.521. The van der Waals surface area contributed by atoms with Crippen molar-refractivity contribution in [1.82, 2.24) is 9.97 Å². The number of nitrogens with two attached hydrogens (primary N) is 1. The summed E-state index contributed by atoms with van der Waals surface area (Å²) >= 11 is 5.92. The first kappa shape index (κ1) is 13.0. The third kappa shape index (κ3) is 3.48. The second-order valence-corrected chi connectivity index (χ2v) is 3.61. The Hall–Kier alpha value is -1.11. The third-order valence-electron chi connectivity index (χ3n) is 2.00. The van der Waals surface area contributed by atoms with Gasteiger partial charge in [-0.25, -0.2) is 9.97 Å². The summed E-state index contributed by atoms with van der Waals surface area (Å²) in [5, 5.41) is 12.2. The van der Waals surface area contributed by atoms with Crippen molar-refractivity contribution in [3.8, 4) is 0 Å². The lowest BCUT2D eigenvalue weighted by molar-refractivity contribution is 0.170.